The zero-order valence-corrected chi connectivity index (χ0v) is 11.4. The molecule has 1 atom stereocenters. The predicted molar refractivity (Wildman–Crippen MR) is 71.8 cm³/mol. The highest BCUT2D eigenvalue weighted by molar-refractivity contribution is 4.86. The summed E-state index contributed by atoms with van der Waals surface area (Å²) in [6.45, 7) is 15.4. The zero-order valence-electron chi connectivity index (χ0n) is 11.4. The minimum atomic E-state index is 0.331. The molecule has 16 heavy (non-hydrogen) atoms. The van der Waals surface area contributed by atoms with Gasteiger partial charge in [-0.05, 0) is 47.0 Å². The molecule has 0 aromatic rings. The van der Waals surface area contributed by atoms with Crippen LogP contribution in [0.2, 0.25) is 0 Å². The van der Waals surface area contributed by atoms with Crippen LogP contribution in [0.5, 0.6) is 0 Å². The first kappa shape index (κ1) is 13.7. The van der Waals surface area contributed by atoms with Crippen molar-refractivity contribution in [1.82, 2.24) is 10.2 Å². The van der Waals surface area contributed by atoms with E-state index in [2.05, 4.69) is 44.5 Å². The Hall–Kier alpha value is -0.340. The van der Waals surface area contributed by atoms with Gasteiger partial charge in [-0.3, -0.25) is 4.90 Å². The first-order valence-corrected chi connectivity index (χ1v) is 6.55. The Labute approximate surface area is 101 Å². The lowest BCUT2D eigenvalue weighted by molar-refractivity contribution is 0.0943. The standard InChI is InChI=1S/C14H28N2/c1-6-7-12(2)15-13-8-10-16(11-9-13)14(3,4)5/h6,12-13,15H,1,7-11H2,2-5H3. The number of nitrogens with one attached hydrogen (secondary N) is 1. The van der Waals surface area contributed by atoms with E-state index in [0.717, 1.165) is 6.42 Å². The first-order valence-electron chi connectivity index (χ1n) is 6.55. The fourth-order valence-electron chi connectivity index (χ4n) is 2.44. The number of hydrogen-bond acceptors (Lipinski definition) is 2. The van der Waals surface area contributed by atoms with E-state index in [9.17, 15) is 0 Å². The highest BCUT2D eigenvalue weighted by Crippen LogP contribution is 2.20. The highest BCUT2D eigenvalue weighted by atomic mass is 15.2. The van der Waals surface area contributed by atoms with Crippen LogP contribution in [-0.2, 0) is 0 Å². The van der Waals surface area contributed by atoms with Crippen LogP contribution in [0.25, 0.3) is 0 Å². The topological polar surface area (TPSA) is 15.3 Å². The van der Waals surface area contributed by atoms with Crippen LogP contribution in [0.4, 0.5) is 0 Å². The van der Waals surface area contributed by atoms with Crippen molar-refractivity contribution in [2.24, 2.45) is 0 Å². The number of rotatable bonds is 4. The van der Waals surface area contributed by atoms with E-state index in [-0.39, 0.29) is 0 Å². The molecule has 0 bridgehead atoms. The summed E-state index contributed by atoms with van der Waals surface area (Å²) in [6, 6.07) is 1.28. The van der Waals surface area contributed by atoms with Crippen molar-refractivity contribution >= 4 is 0 Å². The zero-order chi connectivity index (χ0) is 12.2. The Bertz CT molecular complexity index is 209. The van der Waals surface area contributed by atoms with Gasteiger partial charge in [0.25, 0.3) is 0 Å². The fourth-order valence-corrected chi connectivity index (χ4v) is 2.44. The highest BCUT2D eigenvalue weighted by Gasteiger charge is 2.26. The van der Waals surface area contributed by atoms with Crippen LogP contribution < -0.4 is 5.32 Å². The molecule has 94 valence electrons. The Kier molecular flexibility index (Phi) is 5.00. The van der Waals surface area contributed by atoms with E-state index in [4.69, 9.17) is 0 Å². The van der Waals surface area contributed by atoms with E-state index < -0.39 is 0 Å². The Morgan fingerprint density at radius 3 is 2.38 bits per heavy atom. The Balaban J connectivity index is 2.29. The van der Waals surface area contributed by atoms with Gasteiger partial charge in [0.2, 0.25) is 0 Å². The molecule has 2 nitrogen and oxygen atoms in total. The normalized spacial score (nSPS) is 22.0. The summed E-state index contributed by atoms with van der Waals surface area (Å²) in [5.74, 6) is 0. The van der Waals surface area contributed by atoms with Gasteiger partial charge in [-0.1, -0.05) is 6.08 Å². The van der Waals surface area contributed by atoms with Crippen LogP contribution >= 0.6 is 0 Å². The minimum Gasteiger partial charge on any atom is -0.311 e. The second-order valence-electron chi connectivity index (χ2n) is 6.02. The molecular formula is C14H28N2. The van der Waals surface area contributed by atoms with E-state index in [0.29, 0.717) is 17.6 Å². The van der Waals surface area contributed by atoms with Gasteiger partial charge in [0.15, 0.2) is 0 Å². The summed E-state index contributed by atoms with van der Waals surface area (Å²) in [4.78, 5) is 2.59. The SMILES string of the molecule is C=CCC(C)NC1CCN(C(C)(C)C)CC1. The van der Waals surface area contributed by atoms with Crippen molar-refractivity contribution in [2.45, 2.75) is 64.6 Å². The number of piperidine rings is 1. The number of hydrogen-bond donors (Lipinski definition) is 1. The molecule has 0 aliphatic carbocycles. The van der Waals surface area contributed by atoms with Crippen molar-refractivity contribution in [3.8, 4) is 0 Å². The molecule has 1 aliphatic heterocycles. The molecule has 0 radical (unpaired) electrons. The maximum absolute atomic E-state index is 3.79. The number of nitrogens with zero attached hydrogens (tertiary/aromatic N) is 1. The average Bonchev–Trinajstić information content (AvgIpc) is 2.17. The fraction of sp³-hybridized carbons (Fsp3) is 0.857. The Morgan fingerprint density at radius 2 is 1.94 bits per heavy atom. The van der Waals surface area contributed by atoms with Crippen LogP contribution in [0, 0.1) is 0 Å². The molecular weight excluding hydrogens is 196 g/mol. The third-order valence-corrected chi connectivity index (χ3v) is 3.48. The van der Waals surface area contributed by atoms with Gasteiger partial charge >= 0.3 is 0 Å². The summed E-state index contributed by atoms with van der Waals surface area (Å²) in [5, 5.41) is 3.69. The Morgan fingerprint density at radius 1 is 1.38 bits per heavy atom. The largest absolute Gasteiger partial charge is 0.311 e. The summed E-state index contributed by atoms with van der Waals surface area (Å²) >= 11 is 0. The van der Waals surface area contributed by atoms with Crippen molar-refractivity contribution in [3.63, 3.8) is 0 Å². The molecule has 1 rings (SSSR count). The maximum atomic E-state index is 3.79. The predicted octanol–water partition coefficient (Wildman–Crippen LogP) is 2.80. The van der Waals surface area contributed by atoms with Gasteiger partial charge in [-0.25, -0.2) is 0 Å². The van der Waals surface area contributed by atoms with Crippen LogP contribution in [-0.4, -0.2) is 35.6 Å². The van der Waals surface area contributed by atoms with Crippen molar-refractivity contribution < 1.29 is 0 Å². The molecule has 0 saturated carbocycles. The molecule has 0 amide bonds. The number of likely N-dealkylation sites (tertiary alicyclic amines) is 1. The van der Waals surface area contributed by atoms with Gasteiger partial charge < -0.3 is 5.32 Å². The summed E-state index contributed by atoms with van der Waals surface area (Å²) in [7, 11) is 0. The summed E-state index contributed by atoms with van der Waals surface area (Å²) in [5.41, 5.74) is 0.331. The van der Waals surface area contributed by atoms with Crippen LogP contribution in [0.1, 0.15) is 47.0 Å². The first-order chi connectivity index (χ1) is 7.43. The van der Waals surface area contributed by atoms with Crippen LogP contribution in [0.3, 0.4) is 0 Å². The van der Waals surface area contributed by atoms with E-state index in [1.165, 1.54) is 25.9 Å². The van der Waals surface area contributed by atoms with Gasteiger partial charge in [0.1, 0.15) is 0 Å². The molecule has 0 aromatic heterocycles. The minimum absolute atomic E-state index is 0.331. The van der Waals surface area contributed by atoms with Crippen molar-refractivity contribution in [2.75, 3.05) is 13.1 Å². The molecule has 1 N–H and O–H groups in total. The van der Waals surface area contributed by atoms with Gasteiger partial charge in [0.05, 0.1) is 0 Å². The molecule has 1 heterocycles. The molecule has 0 aromatic carbocycles. The lowest BCUT2D eigenvalue weighted by Crippen LogP contribution is -2.51. The van der Waals surface area contributed by atoms with Crippen LogP contribution in [0.15, 0.2) is 12.7 Å². The second kappa shape index (κ2) is 5.83. The third-order valence-electron chi connectivity index (χ3n) is 3.48. The lowest BCUT2D eigenvalue weighted by Gasteiger charge is -2.41. The monoisotopic (exact) mass is 224 g/mol. The third kappa shape index (κ3) is 4.26. The van der Waals surface area contributed by atoms with Gasteiger partial charge in [-0.15, -0.1) is 6.58 Å². The lowest BCUT2D eigenvalue weighted by atomic mass is 9.97. The molecule has 1 saturated heterocycles. The molecule has 1 unspecified atom stereocenters. The molecule has 0 spiro atoms. The van der Waals surface area contributed by atoms with Crippen molar-refractivity contribution in [1.29, 1.82) is 0 Å². The molecule has 1 aliphatic rings. The van der Waals surface area contributed by atoms with E-state index in [1.54, 1.807) is 0 Å². The van der Waals surface area contributed by atoms with E-state index >= 15 is 0 Å². The molecule has 2 heteroatoms. The molecule has 1 fully saturated rings. The maximum Gasteiger partial charge on any atom is 0.0125 e. The van der Waals surface area contributed by atoms with E-state index in [1.807, 2.05) is 6.08 Å². The summed E-state index contributed by atoms with van der Waals surface area (Å²) in [6.07, 6.45) is 5.62. The average molecular weight is 224 g/mol. The smallest absolute Gasteiger partial charge is 0.0125 e. The van der Waals surface area contributed by atoms with Crippen molar-refractivity contribution in [3.05, 3.63) is 12.7 Å². The van der Waals surface area contributed by atoms with Gasteiger partial charge in [-0.2, -0.15) is 0 Å². The quantitative estimate of drug-likeness (QED) is 0.739. The van der Waals surface area contributed by atoms with Gasteiger partial charge in [0, 0.05) is 30.7 Å². The summed E-state index contributed by atoms with van der Waals surface area (Å²) < 4.78 is 0. The second-order valence-corrected chi connectivity index (χ2v) is 6.02.